The molecule has 0 bridgehead atoms. The lowest BCUT2D eigenvalue weighted by Gasteiger charge is -2.29. The minimum atomic E-state index is 0. The van der Waals surface area contributed by atoms with Crippen LogP contribution >= 0.6 is 24.0 Å². The molecule has 0 amide bonds. The molecule has 4 nitrogen and oxygen atoms in total. The zero-order valence-electron chi connectivity index (χ0n) is 13.8. The summed E-state index contributed by atoms with van der Waals surface area (Å²) < 4.78 is 0. The Bertz CT molecular complexity index is 418. The number of rotatable bonds is 6. The summed E-state index contributed by atoms with van der Waals surface area (Å²) in [4.78, 5) is 6.79. The van der Waals surface area contributed by atoms with Crippen LogP contribution < -0.4 is 11.1 Å². The second-order valence-corrected chi connectivity index (χ2v) is 5.68. The quantitative estimate of drug-likeness (QED) is 0.434. The lowest BCUT2D eigenvalue weighted by Crippen LogP contribution is -2.39. The molecule has 0 saturated heterocycles. The van der Waals surface area contributed by atoms with Crippen LogP contribution in [-0.4, -0.2) is 36.0 Å². The molecule has 1 aromatic rings. The number of nitrogens with zero attached hydrogens (tertiary/aromatic N) is 2. The van der Waals surface area contributed by atoms with Crippen molar-refractivity contribution >= 4 is 35.6 Å². The van der Waals surface area contributed by atoms with Crippen molar-refractivity contribution in [3.8, 4) is 0 Å². The van der Waals surface area contributed by atoms with E-state index in [2.05, 4.69) is 62.0 Å². The van der Waals surface area contributed by atoms with E-state index in [9.17, 15) is 0 Å². The highest BCUT2D eigenvalue weighted by Gasteiger charge is 2.12. The zero-order chi connectivity index (χ0) is 15.1. The van der Waals surface area contributed by atoms with Crippen molar-refractivity contribution in [1.29, 1.82) is 0 Å². The Labute approximate surface area is 146 Å². The van der Waals surface area contributed by atoms with E-state index in [1.807, 2.05) is 12.1 Å². The van der Waals surface area contributed by atoms with Crippen molar-refractivity contribution in [2.45, 2.75) is 46.7 Å². The molecule has 0 aliphatic rings. The van der Waals surface area contributed by atoms with Crippen molar-refractivity contribution < 1.29 is 0 Å². The first-order valence-electron chi connectivity index (χ1n) is 7.29. The van der Waals surface area contributed by atoms with Crippen LogP contribution in [0.4, 0.5) is 5.69 Å². The van der Waals surface area contributed by atoms with E-state index >= 15 is 0 Å². The van der Waals surface area contributed by atoms with E-state index in [-0.39, 0.29) is 24.0 Å². The highest BCUT2D eigenvalue weighted by Crippen LogP contribution is 2.08. The van der Waals surface area contributed by atoms with Gasteiger partial charge in [-0.15, -0.1) is 24.0 Å². The third-order valence-electron chi connectivity index (χ3n) is 3.29. The van der Waals surface area contributed by atoms with Crippen LogP contribution in [0.5, 0.6) is 0 Å². The summed E-state index contributed by atoms with van der Waals surface area (Å²) in [5.41, 5.74) is 8.11. The van der Waals surface area contributed by atoms with E-state index < -0.39 is 0 Å². The molecule has 0 fully saturated rings. The second-order valence-electron chi connectivity index (χ2n) is 5.68. The van der Waals surface area contributed by atoms with Crippen LogP contribution in [0.2, 0.25) is 0 Å². The summed E-state index contributed by atoms with van der Waals surface area (Å²) in [6, 6.07) is 9.16. The Morgan fingerprint density at radius 2 is 1.67 bits per heavy atom. The van der Waals surface area contributed by atoms with Crippen molar-refractivity contribution in [1.82, 2.24) is 4.90 Å². The maximum Gasteiger partial charge on any atom is 0.193 e. The standard InChI is InChI=1S/C16H28N4.HI/c1-12(2)20(13(3)4)11-10-18-16(17)19-15-8-6-14(5)7-9-15;/h6-9,12-13H,10-11H2,1-5H3,(H3,17,18,19);1H. The Morgan fingerprint density at radius 3 is 2.14 bits per heavy atom. The van der Waals surface area contributed by atoms with Crippen molar-refractivity contribution in [3.05, 3.63) is 29.8 Å². The number of nitrogens with two attached hydrogens (primary N) is 1. The highest BCUT2D eigenvalue weighted by atomic mass is 127. The van der Waals surface area contributed by atoms with Gasteiger partial charge in [-0.3, -0.25) is 9.89 Å². The molecule has 0 atom stereocenters. The van der Waals surface area contributed by atoms with Crippen molar-refractivity contribution in [2.75, 3.05) is 18.4 Å². The van der Waals surface area contributed by atoms with Gasteiger partial charge < -0.3 is 11.1 Å². The number of halogens is 1. The van der Waals surface area contributed by atoms with Gasteiger partial charge in [0.05, 0.1) is 6.54 Å². The van der Waals surface area contributed by atoms with Gasteiger partial charge in [-0.25, -0.2) is 0 Å². The monoisotopic (exact) mass is 404 g/mol. The highest BCUT2D eigenvalue weighted by molar-refractivity contribution is 14.0. The first-order chi connectivity index (χ1) is 9.40. The Balaban J connectivity index is 0.00000400. The number of aliphatic imine (C=N–C) groups is 1. The molecule has 0 unspecified atom stereocenters. The smallest absolute Gasteiger partial charge is 0.193 e. The van der Waals surface area contributed by atoms with Crippen LogP contribution in [0.15, 0.2) is 29.3 Å². The normalized spacial score (nSPS) is 11.9. The molecule has 0 radical (unpaired) electrons. The molecule has 21 heavy (non-hydrogen) atoms. The maximum atomic E-state index is 5.90. The maximum absolute atomic E-state index is 5.90. The van der Waals surface area contributed by atoms with Gasteiger partial charge in [0.2, 0.25) is 0 Å². The first-order valence-corrected chi connectivity index (χ1v) is 7.29. The average molecular weight is 404 g/mol. The SMILES string of the molecule is Cc1ccc(NC(N)=NCCN(C(C)C)C(C)C)cc1.I. The molecule has 0 aliphatic heterocycles. The molecule has 5 heteroatoms. The van der Waals surface area contributed by atoms with Gasteiger partial charge >= 0.3 is 0 Å². The minimum absolute atomic E-state index is 0. The number of benzene rings is 1. The van der Waals surface area contributed by atoms with E-state index in [0.29, 0.717) is 24.6 Å². The molecule has 0 saturated carbocycles. The number of aryl methyl sites for hydroxylation is 1. The summed E-state index contributed by atoms with van der Waals surface area (Å²) in [5, 5.41) is 3.11. The Kier molecular flexibility index (Phi) is 9.61. The van der Waals surface area contributed by atoms with Crippen LogP contribution in [0.25, 0.3) is 0 Å². The fraction of sp³-hybridized carbons (Fsp3) is 0.562. The van der Waals surface area contributed by atoms with Crippen molar-refractivity contribution in [3.63, 3.8) is 0 Å². The van der Waals surface area contributed by atoms with Crippen LogP contribution in [-0.2, 0) is 0 Å². The molecular weight excluding hydrogens is 375 g/mol. The predicted octanol–water partition coefficient (Wildman–Crippen LogP) is 3.46. The molecule has 120 valence electrons. The predicted molar refractivity (Wildman–Crippen MR) is 104 cm³/mol. The van der Waals surface area contributed by atoms with Crippen LogP contribution in [0.1, 0.15) is 33.3 Å². The molecular formula is C16H29IN4. The van der Waals surface area contributed by atoms with E-state index in [1.165, 1.54) is 5.56 Å². The van der Waals surface area contributed by atoms with E-state index in [4.69, 9.17) is 5.73 Å². The van der Waals surface area contributed by atoms with Crippen LogP contribution in [0, 0.1) is 6.92 Å². The van der Waals surface area contributed by atoms with Crippen LogP contribution in [0.3, 0.4) is 0 Å². The minimum Gasteiger partial charge on any atom is -0.370 e. The first kappa shape index (κ1) is 20.2. The molecule has 0 aromatic heterocycles. The number of hydrogen-bond acceptors (Lipinski definition) is 2. The molecule has 3 N–H and O–H groups in total. The lowest BCUT2D eigenvalue weighted by atomic mass is 10.2. The molecule has 0 spiro atoms. The molecule has 1 rings (SSSR count). The van der Waals surface area contributed by atoms with E-state index in [1.54, 1.807) is 0 Å². The third kappa shape index (κ3) is 7.66. The summed E-state index contributed by atoms with van der Waals surface area (Å²) in [6.07, 6.45) is 0. The Morgan fingerprint density at radius 1 is 1.14 bits per heavy atom. The van der Waals surface area contributed by atoms with Gasteiger partial charge in [0, 0.05) is 24.3 Å². The van der Waals surface area contributed by atoms with Crippen molar-refractivity contribution in [2.24, 2.45) is 10.7 Å². The number of anilines is 1. The molecule has 0 heterocycles. The summed E-state index contributed by atoms with van der Waals surface area (Å²) in [7, 11) is 0. The van der Waals surface area contributed by atoms with E-state index in [0.717, 1.165) is 12.2 Å². The van der Waals surface area contributed by atoms with Gasteiger partial charge in [-0.1, -0.05) is 17.7 Å². The Hall–Kier alpha value is -0.820. The summed E-state index contributed by atoms with van der Waals surface area (Å²) >= 11 is 0. The summed E-state index contributed by atoms with van der Waals surface area (Å²) in [6.45, 7) is 12.5. The van der Waals surface area contributed by atoms with Gasteiger partial charge in [0.25, 0.3) is 0 Å². The number of guanidine groups is 1. The lowest BCUT2D eigenvalue weighted by molar-refractivity contribution is 0.181. The second kappa shape index (κ2) is 10.00. The largest absolute Gasteiger partial charge is 0.370 e. The summed E-state index contributed by atoms with van der Waals surface area (Å²) in [5.74, 6) is 0.473. The fourth-order valence-corrected chi connectivity index (χ4v) is 2.22. The number of hydrogen-bond donors (Lipinski definition) is 2. The third-order valence-corrected chi connectivity index (χ3v) is 3.29. The fourth-order valence-electron chi connectivity index (χ4n) is 2.22. The average Bonchev–Trinajstić information content (AvgIpc) is 2.36. The molecule has 0 aliphatic carbocycles. The number of nitrogens with one attached hydrogen (secondary N) is 1. The van der Waals surface area contributed by atoms with Gasteiger partial charge in [0.1, 0.15) is 0 Å². The zero-order valence-corrected chi connectivity index (χ0v) is 16.1. The molecule has 1 aromatic carbocycles. The van der Waals surface area contributed by atoms with Gasteiger partial charge in [-0.05, 0) is 46.8 Å². The van der Waals surface area contributed by atoms with Gasteiger partial charge in [-0.2, -0.15) is 0 Å². The van der Waals surface area contributed by atoms with Gasteiger partial charge in [0.15, 0.2) is 5.96 Å². The topological polar surface area (TPSA) is 53.6 Å².